The molecule has 2 N–H and O–H groups in total. The van der Waals surface area contributed by atoms with E-state index in [1.807, 2.05) is 36.5 Å². The van der Waals surface area contributed by atoms with Crippen LogP contribution in [0.2, 0.25) is 0 Å². The molecule has 0 fully saturated rings. The topological polar surface area (TPSA) is 84.1 Å². The molecule has 1 amide bonds. The molecule has 26 heavy (non-hydrogen) atoms. The Morgan fingerprint density at radius 1 is 1.23 bits per heavy atom. The Balaban J connectivity index is 1.73. The lowest BCUT2D eigenvalue weighted by Crippen LogP contribution is -2.42. The van der Waals surface area contributed by atoms with Crippen molar-refractivity contribution in [1.29, 1.82) is 0 Å². The van der Waals surface area contributed by atoms with Crippen molar-refractivity contribution in [3.8, 4) is 0 Å². The third kappa shape index (κ3) is 4.16. The zero-order valence-electron chi connectivity index (χ0n) is 14.3. The van der Waals surface area contributed by atoms with Gasteiger partial charge in [-0.05, 0) is 29.8 Å². The highest BCUT2D eigenvalue weighted by Crippen LogP contribution is 2.19. The van der Waals surface area contributed by atoms with Gasteiger partial charge in [0.05, 0.1) is 12.8 Å². The Bertz CT molecular complexity index is 932. The van der Waals surface area contributed by atoms with Gasteiger partial charge in [-0.25, -0.2) is 4.79 Å². The average Bonchev–Trinajstić information content (AvgIpc) is 3.09. The van der Waals surface area contributed by atoms with Crippen molar-refractivity contribution >= 4 is 28.9 Å². The molecule has 0 bridgehead atoms. The molecule has 0 radical (unpaired) electrons. The second kappa shape index (κ2) is 8.11. The number of para-hydroxylation sites is 1. The van der Waals surface area contributed by atoms with Crippen molar-refractivity contribution < 1.29 is 14.3 Å². The maximum absolute atomic E-state index is 12.2. The summed E-state index contributed by atoms with van der Waals surface area (Å²) in [7, 11) is 1.31. The van der Waals surface area contributed by atoms with Gasteiger partial charge in [0.25, 0.3) is 0 Å². The van der Waals surface area contributed by atoms with E-state index in [0.29, 0.717) is 12.1 Å². The van der Waals surface area contributed by atoms with Crippen molar-refractivity contribution in [2.24, 2.45) is 0 Å². The van der Waals surface area contributed by atoms with E-state index < -0.39 is 12.0 Å². The molecule has 0 aliphatic heterocycles. The molecule has 0 unspecified atom stereocenters. The first-order valence-corrected chi connectivity index (χ1v) is 8.20. The number of carbonyl (C=O) groups is 2. The molecule has 0 saturated carbocycles. The van der Waals surface area contributed by atoms with Gasteiger partial charge in [0.1, 0.15) is 6.04 Å². The zero-order chi connectivity index (χ0) is 18.4. The van der Waals surface area contributed by atoms with Crippen LogP contribution in [0, 0.1) is 0 Å². The van der Waals surface area contributed by atoms with Gasteiger partial charge in [-0.1, -0.05) is 24.3 Å². The molecule has 1 atom stereocenters. The number of nitrogens with zero attached hydrogens (tertiary/aromatic N) is 1. The van der Waals surface area contributed by atoms with Gasteiger partial charge in [-0.15, -0.1) is 0 Å². The van der Waals surface area contributed by atoms with Gasteiger partial charge in [0.15, 0.2) is 0 Å². The summed E-state index contributed by atoms with van der Waals surface area (Å²) in [5.41, 5.74) is 2.58. The van der Waals surface area contributed by atoms with Crippen LogP contribution in [-0.2, 0) is 20.7 Å². The van der Waals surface area contributed by atoms with Crippen LogP contribution in [0.3, 0.4) is 0 Å². The van der Waals surface area contributed by atoms with Gasteiger partial charge in [0.2, 0.25) is 5.91 Å². The number of pyridine rings is 1. The van der Waals surface area contributed by atoms with Crippen molar-refractivity contribution in [1.82, 2.24) is 15.3 Å². The summed E-state index contributed by atoms with van der Waals surface area (Å²) in [6.07, 6.45) is 6.77. The van der Waals surface area contributed by atoms with E-state index in [-0.39, 0.29) is 5.91 Å². The summed E-state index contributed by atoms with van der Waals surface area (Å²) in [6.45, 7) is 0. The monoisotopic (exact) mass is 349 g/mol. The lowest BCUT2D eigenvalue weighted by atomic mass is 10.0. The first kappa shape index (κ1) is 17.4. The van der Waals surface area contributed by atoms with Crippen LogP contribution in [-0.4, -0.2) is 35.0 Å². The number of esters is 1. The maximum Gasteiger partial charge on any atom is 0.328 e. The van der Waals surface area contributed by atoms with E-state index in [9.17, 15) is 9.59 Å². The van der Waals surface area contributed by atoms with Crippen LogP contribution >= 0.6 is 0 Å². The van der Waals surface area contributed by atoms with Crippen molar-refractivity contribution in [2.45, 2.75) is 12.5 Å². The molecular formula is C20H19N3O3. The van der Waals surface area contributed by atoms with Gasteiger partial charge in [0, 0.05) is 35.8 Å². The Hall–Kier alpha value is -3.41. The molecule has 1 aromatic carbocycles. The minimum absolute atomic E-state index is 0.333. The summed E-state index contributed by atoms with van der Waals surface area (Å²) in [4.78, 5) is 31.6. The number of nitrogens with one attached hydrogen (secondary N) is 2. The highest BCUT2D eigenvalue weighted by atomic mass is 16.5. The Labute approximate surface area is 150 Å². The molecule has 0 spiro atoms. The highest BCUT2D eigenvalue weighted by Gasteiger charge is 2.22. The second-order valence-corrected chi connectivity index (χ2v) is 5.74. The maximum atomic E-state index is 12.2. The Morgan fingerprint density at radius 3 is 2.81 bits per heavy atom. The molecule has 0 aliphatic rings. The first-order valence-electron chi connectivity index (χ1n) is 8.20. The number of fused-ring (bicyclic) bond motifs is 1. The minimum Gasteiger partial charge on any atom is -0.467 e. The largest absolute Gasteiger partial charge is 0.467 e. The highest BCUT2D eigenvalue weighted by molar-refractivity contribution is 5.94. The molecule has 6 nitrogen and oxygen atoms in total. The molecule has 0 aliphatic carbocycles. The van der Waals surface area contributed by atoms with Crippen LogP contribution in [0.15, 0.2) is 60.9 Å². The Morgan fingerprint density at radius 2 is 2.04 bits per heavy atom. The summed E-state index contributed by atoms with van der Waals surface area (Å²) in [5, 5.41) is 3.71. The molecule has 2 aromatic heterocycles. The number of methoxy groups -OCH3 is 1. The lowest BCUT2D eigenvalue weighted by Gasteiger charge is -2.15. The fourth-order valence-corrected chi connectivity index (χ4v) is 2.71. The normalized spacial score (nSPS) is 12.2. The number of benzene rings is 1. The summed E-state index contributed by atoms with van der Waals surface area (Å²) in [6, 6.07) is 12.4. The molecule has 3 aromatic rings. The fourth-order valence-electron chi connectivity index (χ4n) is 2.71. The van der Waals surface area contributed by atoms with Crippen LogP contribution in [0.1, 0.15) is 11.3 Å². The van der Waals surface area contributed by atoms with E-state index >= 15 is 0 Å². The first-order chi connectivity index (χ1) is 12.7. The predicted octanol–water partition coefficient (Wildman–Crippen LogP) is 2.48. The number of hydrogen-bond acceptors (Lipinski definition) is 4. The van der Waals surface area contributed by atoms with Gasteiger partial charge in [-0.2, -0.15) is 0 Å². The minimum atomic E-state index is -0.778. The van der Waals surface area contributed by atoms with Crippen molar-refractivity contribution in [3.05, 3.63) is 72.2 Å². The van der Waals surface area contributed by atoms with Crippen molar-refractivity contribution in [2.75, 3.05) is 7.11 Å². The lowest BCUT2D eigenvalue weighted by molar-refractivity contribution is -0.144. The van der Waals surface area contributed by atoms with Crippen LogP contribution in [0.5, 0.6) is 0 Å². The summed E-state index contributed by atoms with van der Waals surface area (Å²) < 4.78 is 4.84. The van der Waals surface area contributed by atoms with Gasteiger partial charge < -0.3 is 15.0 Å². The van der Waals surface area contributed by atoms with Crippen molar-refractivity contribution in [3.63, 3.8) is 0 Å². The molecule has 6 heteroatoms. The van der Waals surface area contributed by atoms with E-state index in [2.05, 4.69) is 15.3 Å². The summed E-state index contributed by atoms with van der Waals surface area (Å²) in [5.74, 6) is -0.874. The smallest absolute Gasteiger partial charge is 0.328 e. The van der Waals surface area contributed by atoms with Crippen LogP contribution in [0.4, 0.5) is 0 Å². The zero-order valence-corrected chi connectivity index (χ0v) is 14.3. The fraction of sp³-hybridized carbons (Fsp3) is 0.150. The van der Waals surface area contributed by atoms with E-state index in [4.69, 9.17) is 4.74 Å². The van der Waals surface area contributed by atoms with Crippen LogP contribution in [0.25, 0.3) is 17.0 Å². The number of H-pyrrole nitrogens is 1. The van der Waals surface area contributed by atoms with E-state index in [0.717, 1.165) is 16.5 Å². The number of aromatic nitrogens is 2. The number of rotatable bonds is 6. The van der Waals surface area contributed by atoms with E-state index in [1.165, 1.54) is 13.2 Å². The summed E-state index contributed by atoms with van der Waals surface area (Å²) >= 11 is 0. The quantitative estimate of drug-likeness (QED) is 0.529. The third-order valence-corrected chi connectivity index (χ3v) is 3.99. The molecule has 3 rings (SSSR count). The predicted molar refractivity (Wildman–Crippen MR) is 99.2 cm³/mol. The van der Waals surface area contributed by atoms with Crippen LogP contribution < -0.4 is 5.32 Å². The SMILES string of the molecule is COC(=O)[C@H](Cc1c[nH]c2ccccc12)NC(=O)/C=C\c1ccccn1. The number of aromatic amines is 1. The second-order valence-electron chi connectivity index (χ2n) is 5.74. The number of amides is 1. The molecule has 2 heterocycles. The molecule has 132 valence electrons. The number of carbonyl (C=O) groups excluding carboxylic acids is 2. The number of ether oxygens (including phenoxy) is 1. The van der Waals surface area contributed by atoms with Gasteiger partial charge >= 0.3 is 5.97 Å². The number of hydrogen-bond donors (Lipinski definition) is 2. The molecule has 0 saturated heterocycles. The average molecular weight is 349 g/mol. The Kier molecular flexibility index (Phi) is 5.43. The third-order valence-electron chi connectivity index (χ3n) is 3.99. The van der Waals surface area contributed by atoms with E-state index in [1.54, 1.807) is 24.4 Å². The molecular weight excluding hydrogens is 330 g/mol. The standard InChI is InChI=1S/C20H19N3O3/c1-26-20(25)18(12-14-13-22-17-8-3-2-7-16(14)17)23-19(24)10-9-15-6-4-5-11-21-15/h2-11,13,18,22H,12H2,1H3,(H,23,24)/b10-9-/t18-/m0/s1. The van der Waals surface area contributed by atoms with Gasteiger partial charge in [-0.3, -0.25) is 9.78 Å².